The minimum absolute atomic E-state index is 0.0785. The second kappa shape index (κ2) is 11.9. The normalized spacial score (nSPS) is 11.9. The molecule has 2 N–H and O–H groups in total. The number of methoxy groups -OCH3 is 1. The van der Waals surface area contributed by atoms with Gasteiger partial charge in [0.05, 0.1) is 18.9 Å². The molecule has 0 aliphatic carbocycles. The van der Waals surface area contributed by atoms with E-state index >= 15 is 0 Å². The maximum Gasteiger partial charge on any atom is 0.251 e. The molecule has 0 aliphatic rings. The number of aromatic nitrogens is 3. The molecule has 186 valence electrons. The maximum atomic E-state index is 12.9. The van der Waals surface area contributed by atoms with Crippen LogP contribution >= 0.6 is 11.8 Å². The molecule has 0 radical (unpaired) electrons. The molecule has 1 atom stereocenters. The van der Waals surface area contributed by atoms with Crippen LogP contribution < -0.4 is 15.4 Å². The summed E-state index contributed by atoms with van der Waals surface area (Å²) in [4.78, 5) is 25.5. The number of hydrogen-bond donors (Lipinski definition) is 2. The number of aryl methyl sites for hydroxylation is 2. The molecule has 0 aliphatic heterocycles. The van der Waals surface area contributed by atoms with Crippen LogP contribution in [0.15, 0.2) is 47.6 Å². The van der Waals surface area contributed by atoms with E-state index in [-0.39, 0.29) is 29.5 Å². The van der Waals surface area contributed by atoms with Gasteiger partial charge >= 0.3 is 0 Å². The summed E-state index contributed by atoms with van der Waals surface area (Å²) in [6, 6.07) is 12.6. The van der Waals surface area contributed by atoms with Crippen LogP contribution in [0.4, 0.5) is 5.69 Å². The number of nitrogens with zero attached hydrogens (tertiary/aromatic N) is 3. The Kier molecular flexibility index (Phi) is 8.92. The quantitative estimate of drug-likeness (QED) is 0.401. The molecule has 2 aromatic carbocycles. The SMILES string of the molecule is CCc1cccc(C)c1NC(=O)CSc1nnc([C@H](NC(=O)c2ccc(OC)cc2)C(C)C)n1C. The van der Waals surface area contributed by atoms with Crippen molar-refractivity contribution >= 4 is 29.3 Å². The van der Waals surface area contributed by atoms with Crippen molar-refractivity contribution in [3.8, 4) is 5.75 Å². The summed E-state index contributed by atoms with van der Waals surface area (Å²) in [7, 11) is 3.43. The number of ether oxygens (including phenoxy) is 1. The first kappa shape index (κ1) is 26.3. The molecule has 1 heterocycles. The van der Waals surface area contributed by atoms with E-state index in [1.54, 1.807) is 31.4 Å². The smallest absolute Gasteiger partial charge is 0.251 e. The van der Waals surface area contributed by atoms with E-state index in [1.807, 2.05) is 50.6 Å². The summed E-state index contributed by atoms with van der Waals surface area (Å²) in [6.45, 7) is 8.09. The number of para-hydroxylation sites is 1. The highest BCUT2D eigenvalue weighted by Crippen LogP contribution is 2.26. The second-order valence-corrected chi connectivity index (χ2v) is 9.57. The summed E-state index contributed by atoms with van der Waals surface area (Å²) in [5.74, 6) is 1.30. The van der Waals surface area contributed by atoms with Gasteiger partial charge in [0.15, 0.2) is 11.0 Å². The number of benzene rings is 2. The molecule has 1 aromatic heterocycles. The number of rotatable bonds is 10. The highest BCUT2D eigenvalue weighted by atomic mass is 32.2. The zero-order valence-corrected chi connectivity index (χ0v) is 21.9. The first-order valence-electron chi connectivity index (χ1n) is 11.6. The van der Waals surface area contributed by atoms with E-state index in [2.05, 4.69) is 27.8 Å². The van der Waals surface area contributed by atoms with Crippen LogP contribution in [0.2, 0.25) is 0 Å². The average molecular weight is 496 g/mol. The van der Waals surface area contributed by atoms with Gasteiger partial charge < -0.3 is 19.9 Å². The van der Waals surface area contributed by atoms with Gasteiger partial charge in [-0.1, -0.05) is 50.7 Å². The molecule has 0 spiro atoms. The van der Waals surface area contributed by atoms with E-state index < -0.39 is 0 Å². The third kappa shape index (κ3) is 6.42. The molecular weight excluding hydrogens is 462 g/mol. The Morgan fingerprint density at radius 3 is 2.46 bits per heavy atom. The third-order valence-corrected chi connectivity index (χ3v) is 6.81. The molecule has 35 heavy (non-hydrogen) atoms. The summed E-state index contributed by atoms with van der Waals surface area (Å²) in [6.07, 6.45) is 0.843. The third-order valence-electron chi connectivity index (χ3n) is 5.79. The number of amides is 2. The van der Waals surface area contributed by atoms with Gasteiger partial charge in [-0.25, -0.2) is 0 Å². The van der Waals surface area contributed by atoms with Crippen LogP contribution in [0.3, 0.4) is 0 Å². The fourth-order valence-corrected chi connectivity index (χ4v) is 4.44. The maximum absolute atomic E-state index is 12.9. The van der Waals surface area contributed by atoms with Crippen molar-refractivity contribution in [1.82, 2.24) is 20.1 Å². The Morgan fingerprint density at radius 1 is 1.11 bits per heavy atom. The Morgan fingerprint density at radius 2 is 1.83 bits per heavy atom. The lowest BCUT2D eigenvalue weighted by Crippen LogP contribution is -2.33. The number of anilines is 1. The lowest BCUT2D eigenvalue weighted by atomic mass is 10.0. The van der Waals surface area contributed by atoms with Crippen LogP contribution in [0, 0.1) is 12.8 Å². The van der Waals surface area contributed by atoms with Gasteiger partial charge in [0.2, 0.25) is 5.91 Å². The van der Waals surface area contributed by atoms with E-state index in [0.29, 0.717) is 22.3 Å². The monoisotopic (exact) mass is 495 g/mol. The van der Waals surface area contributed by atoms with E-state index in [9.17, 15) is 9.59 Å². The van der Waals surface area contributed by atoms with E-state index in [4.69, 9.17) is 4.74 Å². The molecule has 3 rings (SSSR count). The van der Waals surface area contributed by atoms with E-state index in [1.165, 1.54) is 11.8 Å². The minimum Gasteiger partial charge on any atom is -0.497 e. The lowest BCUT2D eigenvalue weighted by molar-refractivity contribution is -0.113. The summed E-state index contributed by atoms with van der Waals surface area (Å²) in [5, 5.41) is 15.3. The second-order valence-electron chi connectivity index (χ2n) is 8.62. The first-order chi connectivity index (χ1) is 16.7. The van der Waals surface area contributed by atoms with Gasteiger partial charge in [-0.05, 0) is 54.7 Å². The predicted octanol–water partition coefficient (Wildman–Crippen LogP) is 4.55. The van der Waals surface area contributed by atoms with Crippen LogP contribution in [-0.4, -0.2) is 39.4 Å². The Bertz CT molecular complexity index is 1170. The standard InChI is InChI=1S/C26H33N5O3S/c1-7-18-10-8-9-17(4)23(18)27-21(32)15-35-26-30-29-24(31(26)5)22(16(2)3)28-25(33)19-11-13-20(34-6)14-12-19/h8-14,16,22H,7,15H2,1-6H3,(H,27,32)(H,28,33)/t22-/m1/s1. The first-order valence-corrected chi connectivity index (χ1v) is 12.6. The molecule has 9 heteroatoms. The van der Waals surface area contributed by atoms with Crippen LogP contribution in [0.5, 0.6) is 5.75 Å². The fraction of sp³-hybridized carbons (Fsp3) is 0.385. The van der Waals surface area contributed by atoms with Crippen LogP contribution in [0.25, 0.3) is 0 Å². The lowest BCUT2D eigenvalue weighted by Gasteiger charge is -2.21. The van der Waals surface area contributed by atoms with E-state index in [0.717, 1.165) is 23.2 Å². The largest absolute Gasteiger partial charge is 0.497 e. The predicted molar refractivity (Wildman–Crippen MR) is 139 cm³/mol. The molecule has 8 nitrogen and oxygen atoms in total. The zero-order valence-electron chi connectivity index (χ0n) is 21.1. The van der Waals surface area contributed by atoms with Crippen molar-refractivity contribution in [3.63, 3.8) is 0 Å². The van der Waals surface area contributed by atoms with Crippen LogP contribution in [0.1, 0.15) is 54.1 Å². The van der Waals surface area contributed by atoms with Gasteiger partial charge in [-0.15, -0.1) is 10.2 Å². The van der Waals surface area contributed by atoms with Crippen molar-refractivity contribution in [2.75, 3.05) is 18.2 Å². The van der Waals surface area contributed by atoms with Crippen molar-refractivity contribution < 1.29 is 14.3 Å². The number of hydrogen-bond acceptors (Lipinski definition) is 6. The molecular formula is C26H33N5O3S. The molecule has 0 saturated carbocycles. The molecule has 2 amide bonds. The van der Waals surface area contributed by atoms with Gasteiger partial charge in [-0.3, -0.25) is 9.59 Å². The van der Waals surface area contributed by atoms with Gasteiger partial charge in [0.25, 0.3) is 5.91 Å². The van der Waals surface area contributed by atoms with Crippen LogP contribution in [-0.2, 0) is 18.3 Å². The Labute approximate surface area is 210 Å². The molecule has 0 unspecified atom stereocenters. The topological polar surface area (TPSA) is 98.1 Å². The average Bonchev–Trinajstić information content (AvgIpc) is 3.21. The van der Waals surface area contributed by atoms with Gasteiger partial charge in [-0.2, -0.15) is 0 Å². The van der Waals surface area contributed by atoms with Gasteiger partial charge in [0, 0.05) is 18.3 Å². The number of thioether (sulfide) groups is 1. The summed E-state index contributed by atoms with van der Waals surface area (Å²) >= 11 is 1.31. The molecule has 3 aromatic rings. The van der Waals surface area contributed by atoms with Crippen molar-refractivity contribution in [3.05, 3.63) is 65.0 Å². The number of carbonyl (C=O) groups excluding carboxylic acids is 2. The molecule has 0 saturated heterocycles. The highest BCUT2D eigenvalue weighted by Gasteiger charge is 2.25. The molecule has 0 fully saturated rings. The molecule has 0 bridgehead atoms. The summed E-state index contributed by atoms with van der Waals surface area (Å²) < 4.78 is 7.00. The number of carbonyl (C=O) groups is 2. The fourth-order valence-electron chi connectivity index (χ4n) is 3.73. The summed E-state index contributed by atoms with van der Waals surface area (Å²) in [5.41, 5.74) is 3.56. The van der Waals surface area contributed by atoms with Gasteiger partial charge in [0.1, 0.15) is 5.75 Å². The Balaban J connectivity index is 1.68. The minimum atomic E-state index is -0.343. The zero-order chi connectivity index (χ0) is 25.5. The van der Waals surface area contributed by atoms with Crippen molar-refractivity contribution in [2.45, 2.75) is 45.3 Å². The number of nitrogens with one attached hydrogen (secondary N) is 2. The van der Waals surface area contributed by atoms with Crippen molar-refractivity contribution in [1.29, 1.82) is 0 Å². The Hall–Kier alpha value is -3.33. The highest BCUT2D eigenvalue weighted by molar-refractivity contribution is 7.99. The van der Waals surface area contributed by atoms with Crippen molar-refractivity contribution in [2.24, 2.45) is 13.0 Å².